The predicted octanol–water partition coefficient (Wildman–Crippen LogP) is 3.94. The van der Waals surface area contributed by atoms with Crippen molar-refractivity contribution in [1.82, 2.24) is 19.6 Å². The summed E-state index contributed by atoms with van der Waals surface area (Å²) in [5.74, 6) is 0.579. The molecule has 0 saturated carbocycles. The first-order valence-corrected chi connectivity index (χ1v) is 13.5. The Morgan fingerprint density at radius 2 is 2.03 bits per heavy atom. The molecule has 1 aromatic carbocycles. The number of aromatic nitrogens is 2. The van der Waals surface area contributed by atoms with Gasteiger partial charge in [0.15, 0.2) is 5.17 Å². The third kappa shape index (κ3) is 5.30. The van der Waals surface area contributed by atoms with Gasteiger partial charge < -0.3 is 5.32 Å². The first-order valence-electron chi connectivity index (χ1n) is 12.1. The molecular formula is C26H25ClN6O3S. The van der Waals surface area contributed by atoms with Crippen molar-refractivity contribution >= 4 is 57.5 Å². The normalized spacial score (nSPS) is 16.3. The Hall–Kier alpha value is -3.50. The Bertz CT molecular complexity index is 1500. The number of amidine groups is 2. The summed E-state index contributed by atoms with van der Waals surface area (Å²) in [5.41, 5.74) is 2.29. The molecule has 2 aromatic heterocycles. The summed E-state index contributed by atoms with van der Waals surface area (Å²) in [4.78, 5) is 53.7. The molecule has 9 nitrogen and oxygen atoms in total. The van der Waals surface area contributed by atoms with E-state index in [1.165, 1.54) is 33.3 Å². The van der Waals surface area contributed by atoms with E-state index in [1.807, 2.05) is 24.3 Å². The first-order chi connectivity index (χ1) is 17.9. The summed E-state index contributed by atoms with van der Waals surface area (Å²) in [7, 11) is 0. The second-order valence-electron chi connectivity index (χ2n) is 8.75. The van der Waals surface area contributed by atoms with Crippen molar-refractivity contribution in [2.45, 2.75) is 44.4 Å². The number of pyridine rings is 1. The van der Waals surface area contributed by atoms with Gasteiger partial charge in [-0.1, -0.05) is 48.8 Å². The van der Waals surface area contributed by atoms with E-state index in [4.69, 9.17) is 21.6 Å². The maximum atomic E-state index is 13.4. The Morgan fingerprint density at radius 3 is 2.86 bits per heavy atom. The van der Waals surface area contributed by atoms with Crippen LogP contribution in [-0.4, -0.2) is 49.7 Å². The fourth-order valence-corrected chi connectivity index (χ4v) is 5.24. The molecule has 190 valence electrons. The molecule has 0 aliphatic carbocycles. The minimum Gasteiger partial charge on any atom is -0.356 e. The van der Waals surface area contributed by atoms with Crippen LogP contribution in [-0.2, 0) is 15.3 Å². The molecule has 2 aliphatic heterocycles. The molecule has 4 heterocycles. The van der Waals surface area contributed by atoms with Crippen LogP contribution in [0.4, 0.5) is 5.69 Å². The van der Waals surface area contributed by atoms with Gasteiger partial charge in [-0.05, 0) is 37.1 Å². The second kappa shape index (κ2) is 10.9. The topological polar surface area (TPSA) is 108 Å². The third-order valence-electron chi connectivity index (χ3n) is 6.07. The number of fused-ring (bicyclic) bond motifs is 4. The van der Waals surface area contributed by atoms with Gasteiger partial charge >= 0.3 is 0 Å². The highest BCUT2D eigenvalue weighted by Crippen LogP contribution is 2.34. The monoisotopic (exact) mass is 536 g/mol. The largest absolute Gasteiger partial charge is 0.356 e. The first kappa shape index (κ1) is 25.2. The molecule has 0 radical (unpaired) electrons. The van der Waals surface area contributed by atoms with Gasteiger partial charge in [0.1, 0.15) is 17.5 Å². The van der Waals surface area contributed by atoms with Crippen molar-refractivity contribution in [1.29, 1.82) is 0 Å². The van der Waals surface area contributed by atoms with Crippen molar-refractivity contribution in [3.05, 3.63) is 75.3 Å². The molecule has 0 spiro atoms. The van der Waals surface area contributed by atoms with E-state index in [1.54, 1.807) is 12.1 Å². The number of hydrogen-bond donors (Lipinski definition) is 1. The van der Waals surface area contributed by atoms with Gasteiger partial charge in [-0.2, -0.15) is 0 Å². The zero-order chi connectivity index (χ0) is 25.9. The van der Waals surface area contributed by atoms with Crippen LogP contribution >= 0.6 is 23.4 Å². The van der Waals surface area contributed by atoms with Crippen molar-refractivity contribution in [3.63, 3.8) is 0 Å². The molecule has 0 saturated heterocycles. The Morgan fingerprint density at radius 1 is 1.19 bits per heavy atom. The summed E-state index contributed by atoms with van der Waals surface area (Å²) in [6.45, 7) is 2.70. The molecule has 1 N–H and O–H groups in total. The zero-order valence-electron chi connectivity index (χ0n) is 20.2. The van der Waals surface area contributed by atoms with Crippen molar-refractivity contribution in [2.24, 2.45) is 9.98 Å². The van der Waals surface area contributed by atoms with Crippen LogP contribution in [0.2, 0.25) is 5.02 Å². The fourth-order valence-electron chi connectivity index (χ4n) is 4.19. The highest BCUT2D eigenvalue weighted by atomic mass is 35.5. The maximum Gasteiger partial charge on any atom is 0.259 e. The number of amides is 2. The van der Waals surface area contributed by atoms with Gasteiger partial charge in [0.2, 0.25) is 5.91 Å². The third-order valence-corrected chi connectivity index (χ3v) is 7.27. The molecule has 37 heavy (non-hydrogen) atoms. The molecule has 2 aliphatic rings. The van der Waals surface area contributed by atoms with Crippen molar-refractivity contribution in [2.75, 3.05) is 6.54 Å². The number of nitrogens with zero attached hydrogens (tertiary/aromatic N) is 5. The molecule has 0 fully saturated rings. The van der Waals surface area contributed by atoms with Crippen molar-refractivity contribution in [3.8, 4) is 0 Å². The second-order valence-corrected chi connectivity index (χ2v) is 10.1. The number of para-hydroxylation sites is 1. The van der Waals surface area contributed by atoms with E-state index >= 15 is 0 Å². The van der Waals surface area contributed by atoms with E-state index in [0.29, 0.717) is 51.8 Å². The minimum atomic E-state index is -0.655. The van der Waals surface area contributed by atoms with Crippen LogP contribution in [0.15, 0.2) is 63.4 Å². The molecule has 3 aromatic rings. The summed E-state index contributed by atoms with van der Waals surface area (Å²) in [6.07, 6.45) is 4.00. The van der Waals surface area contributed by atoms with Gasteiger partial charge in [-0.25, -0.2) is 14.9 Å². The van der Waals surface area contributed by atoms with Crippen LogP contribution in [0.1, 0.15) is 43.9 Å². The zero-order valence-corrected chi connectivity index (χ0v) is 21.8. The number of benzene rings is 1. The fraction of sp³-hybridized carbons (Fsp3) is 0.308. The number of halogens is 1. The molecule has 11 heteroatoms. The predicted molar refractivity (Wildman–Crippen MR) is 146 cm³/mol. The standard InChI is InChI=1S/C26H25ClN6O3S/c1-2-3-12-28-22(34)11-9-20-25(36)33-24(30-20)18-6-4-5-7-19(18)31-26(33)37-15-17-13-23(35)32-14-16(27)8-10-21(32)29-17/h4-8,10,13-14,20H,2-3,9,11-12,15H2,1H3,(H,28,34)/t20-/m1/s1. The number of nitrogens with one attached hydrogen (secondary N) is 1. The maximum absolute atomic E-state index is 13.4. The van der Waals surface area contributed by atoms with Crippen LogP contribution in [0.25, 0.3) is 5.65 Å². The molecule has 2 amide bonds. The highest BCUT2D eigenvalue weighted by molar-refractivity contribution is 8.13. The van der Waals surface area contributed by atoms with Crippen LogP contribution in [0.5, 0.6) is 0 Å². The Labute approximate surface area is 222 Å². The number of unbranched alkanes of at least 4 members (excludes halogenated alkanes) is 1. The lowest BCUT2D eigenvalue weighted by molar-refractivity contribution is -0.125. The van der Waals surface area contributed by atoms with Crippen LogP contribution in [0.3, 0.4) is 0 Å². The summed E-state index contributed by atoms with van der Waals surface area (Å²) in [6, 6.07) is 11.7. The number of carbonyl (C=O) groups is 2. The Kier molecular flexibility index (Phi) is 7.38. The van der Waals surface area contributed by atoms with Gasteiger partial charge in [-0.3, -0.25) is 23.8 Å². The van der Waals surface area contributed by atoms with Gasteiger partial charge in [0.05, 0.1) is 16.4 Å². The highest BCUT2D eigenvalue weighted by Gasteiger charge is 2.41. The average molecular weight is 537 g/mol. The Balaban J connectivity index is 1.36. The van der Waals surface area contributed by atoms with Crippen LogP contribution < -0.4 is 10.9 Å². The lowest BCUT2D eigenvalue weighted by Crippen LogP contribution is -2.41. The molecule has 5 rings (SSSR count). The lowest BCUT2D eigenvalue weighted by Gasteiger charge is -2.25. The van der Waals surface area contributed by atoms with Gasteiger partial charge in [0.25, 0.3) is 11.5 Å². The number of aliphatic imine (C=N–C) groups is 2. The number of hydrogen-bond acceptors (Lipinski definition) is 7. The van der Waals surface area contributed by atoms with E-state index in [0.717, 1.165) is 18.4 Å². The quantitative estimate of drug-likeness (QED) is 0.439. The molecular weight excluding hydrogens is 512 g/mol. The SMILES string of the molecule is CCCCNC(=O)CC[C@H]1N=C2c3ccccc3N=C(SCc3cc(=O)n4cc(Cl)ccc4n3)N2C1=O. The number of thioether (sulfide) groups is 1. The number of rotatable bonds is 8. The lowest BCUT2D eigenvalue weighted by atomic mass is 10.1. The van der Waals surface area contributed by atoms with E-state index in [2.05, 4.69) is 17.2 Å². The summed E-state index contributed by atoms with van der Waals surface area (Å²) >= 11 is 7.31. The van der Waals surface area contributed by atoms with Crippen molar-refractivity contribution < 1.29 is 9.59 Å². The number of carbonyl (C=O) groups excluding carboxylic acids is 2. The van der Waals surface area contributed by atoms with E-state index in [-0.39, 0.29) is 23.8 Å². The minimum absolute atomic E-state index is 0.0788. The van der Waals surface area contributed by atoms with Gasteiger partial charge in [0, 0.05) is 36.5 Å². The van der Waals surface area contributed by atoms with E-state index in [9.17, 15) is 14.4 Å². The summed E-state index contributed by atoms with van der Waals surface area (Å²) < 4.78 is 1.39. The molecule has 0 unspecified atom stereocenters. The average Bonchev–Trinajstić information content (AvgIpc) is 3.23. The van der Waals surface area contributed by atoms with E-state index < -0.39 is 6.04 Å². The molecule has 0 bridgehead atoms. The summed E-state index contributed by atoms with van der Waals surface area (Å²) in [5, 5.41) is 3.80. The van der Waals surface area contributed by atoms with Gasteiger partial charge in [-0.15, -0.1) is 0 Å². The molecule has 1 atom stereocenters. The smallest absolute Gasteiger partial charge is 0.259 e. The van der Waals surface area contributed by atoms with Crippen LogP contribution in [0, 0.1) is 0 Å².